The number of amides is 2. The molecule has 4 rings (SSSR count). The van der Waals surface area contributed by atoms with Gasteiger partial charge in [-0.1, -0.05) is 6.92 Å². The Labute approximate surface area is 168 Å². The smallest absolute Gasteiger partial charge is 0.269 e. The standard InChI is InChI=1S/C19H22N4O4S/c1-2-8-22-17(25)19(16(24)20-18(22)28)11-12-10-13(23(26)27)6-7-14(12)21-9-4-3-5-15(19)21/h6-7,10,15H,2-5,8-9,11H2,1H3,(H,20,24,28)/t15-,19-/m0/s1. The maximum atomic E-state index is 13.6. The van der Waals surface area contributed by atoms with Gasteiger partial charge in [0, 0.05) is 37.3 Å². The van der Waals surface area contributed by atoms with Crippen LogP contribution in [0.4, 0.5) is 11.4 Å². The second kappa shape index (κ2) is 6.80. The van der Waals surface area contributed by atoms with E-state index in [9.17, 15) is 19.7 Å². The van der Waals surface area contributed by atoms with E-state index in [1.807, 2.05) is 6.92 Å². The van der Waals surface area contributed by atoms with Crippen molar-refractivity contribution in [1.29, 1.82) is 0 Å². The third-order valence-corrected chi connectivity index (χ3v) is 6.39. The van der Waals surface area contributed by atoms with Crippen LogP contribution in [-0.4, -0.2) is 45.9 Å². The molecule has 3 aliphatic rings. The monoisotopic (exact) mass is 402 g/mol. The quantitative estimate of drug-likeness (QED) is 0.360. The van der Waals surface area contributed by atoms with E-state index in [2.05, 4.69) is 10.2 Å². The van der Waals surface area contributed by atoms with Gasteiger partial charge in [0.15, 0.2) is 10.5 Å². The highest BCUT2D eigenvalue weighted by molar-refractivity contribution is 7.80. The first-order valence-electron chi connectivity index (χ1n) is 9.61. The molecule has 9 heteroatoms. The first kappa shape index (κ1) is 18.8. The molecule has 0 aromatic heterocycles. The average Bonchev–Trinajstić information content (AvgIpc) is 2.69. The normalized spacial score (nSPS) is 26.8. The summed E-state index contributed by atoms with van der Waals surface area (Å²) in [6.07, 6.45) is 3.48. The lowest BCUT2D eigenvalue weighted by Crippen LogP contribution is -2.72. The number of hydrogen-bond acceptors (Lipinski definition) is 6. The fraction of sp³-hybridized carbons (Fsp3) is 0.526. The van der Waals surface area contributed by atoms with Gasteiger partial charge in [-0.15, -0.1) is 0 Å². The lowest BCUT2D eigenvalue weighted by atomic mass is 9.66. The number of nitrogens with one attached hydrogen (secondary N) is 1. The molecule has 3 aliphatic heterocycles. The molecule has 28 heavy (non-hydrogen) atoms. The Morgan fingerprint density at radius 1 is 1.36 bits per heavy atom. The van der Waals surface area contributed by atoms with Gasteiger partial charge in [0.25, 0.3) is 5.69 Å². The summed E-state index contributed by atoms with van der Waals surface area (Å²) in [5.74, 6) is -0.666. The van der Waals surface area contributed by atoms with E-state index in [0.29, 0.717) is 18.5 Å². The van der Waals surface area contributed by atoms with Crippen LogP contribution in [0.2, 0.25) is 0 Å². The number of non-ortho nitro benzene ring substituents is 1. The van der Waals surface area contributed by atoms with Crippen molar-refractivity contribution in [2.24, 2.45) is 5.41 Å². The number of nitrogens with zero attached hydrogens (tertiary/aromatic N) is 3. The van der Waals surface area contributed by atoms with Crippen molar-refractivity contribution in [1.82, 2.24) is 10.2 Å². The number of thiocarbonyl (C=S) groups is 1. The zero-order chi connectivity index (χ0) is 20.1. The van der Waals surface area contributed by atoms with Crippen molar-refractivity contribution < 1.29 is 14.5 Å². The maximum Gasteiger partial charge on any atom is 0.269 e. The number of nitro benzene ring substituents is 1. The Morgan fingerprint density at radius 2 is 2.14 bits per heavy atom. The van der Waals surface area contributed by atoms with E-state index >= 15 is 0 Å². The van der Waals surface area contributed by atoms with Crippen molar-refractivity contribution in [3.63, 3.8) is 0 Å². The largest absolute Gasteiger partial charge is 0.367 e. The summed E-state index contributed by atoms with van der Waals surface area (Å²) in [6, 6.07) is 4.46. The molecule has 0 aliphatic carbocycles. The van der Waals surface area contributed by atoms with E-state index < -0.39 is 10.3 Å². The first-order chi connectivity index (χ1) is 13.4. The highest BCUT2D eigenvalue weighted by atomic mass is 32.1. The number of benzene rings is 1. The molecule has 0 unspecified atom stereocenters. The second-order valence-electron chi connectivity index (χ2n) is 7.64. The van der Waals surface area contributed by atoms with Gasteiger partial charge in [-0.3, -0.25) is 24.6 Å². The molecule has 2 saturated heterocycles. The van der Waals surface area contributed by atoms with E-state index in [0.717, 1.165) is 31.5 Å². The molecule has 2 amide bonds. The maximum absolute atomic E-state index is 13.6. The molecular formula is C19H22N4O4S. The number of rotatable bonds is 3. The molecule has 2 atom stereocenters. The van der Waals surface area contributed by atoms with Gasteiger partial charge in [0.1, 0.15) is 0 Å². The predicted octanol–water partition coefficient (Wildman–Crippen LogP) is 2.15. The van der Waals surface area contributed by atoms with Gasteiger partial charge in [0.2, 0.25) is 11.8 Å². The van der Waals surface area contributed by atoms with Crippen LogP contribution in [-0.2, 0) is 16.0 Å². The zero-order valence-corrected chi connectivity index (χ0v) is 16.5. The minimum absolute atomic E-state index is 0.0334. The van der Waals surface area contributed by atoms with Crippen LogP contribution in [0.1, 0.15) is 38.2 Å². The third kappa shape index (κ3) is 2.60. The van der Waals surface area contributed by atoms with Gasteiger partial charge in [-0.05, 0) is 49.5 Å². The third-order valence-electron chi connectivity index (χ3n) is 6.07. The zero-order valence-electron chi connectivity index (χ0n) is 15.6. The van der Waals surface area contributed by atoms with E-state index in [4.69, 9.17) is 12.2 Å². The molecule has 0 radical (unpaired) electrons. The van der Waals surface area contributed by atoms with Crippen LogP contribution < -0.4 is 10.2 Å². The molecule has 0 bridgehead atoms. The summed E-state index contributed by atoms with van der Waals surface area (Å²) >= 11 is 5.25. The van der Waals surface area contributed by atoms with Crippen LogP contribution in [0.25, 0.3) is 0 Å². The van der Waals surface area contributed by atoms with Crippen molar-refractivity contribution in [2.45, 2.75) is 45.1 Å². The Kier molecular flexibility index (Phi) is 4.57. The number of fused-ring (bicyclic) bond motifs is 4. The van der Waals surface area contributed by atoms with Crippen molar-refractivity contribution in [3.05, 3.63) is 33.9 Å². The number of hydrogen-bond donors (Lipinski definition) is 1. The van der Waals surface area contributed by atoms with E-state index in [1.54, 1.807) is 6.07 Å². The summed E-state index contributed by atoms with van der Waals surface area (Å²) in [7, 11) is 0. The van der Waals surface area contributed by atoms with Gasteiger partial charge in [-0.2, -0.15) is 0 Å². The number of carbonyl (C=O) groups is 2. The number of nitro groups is 1. The molecule has 148 valence electrons. The Balaban J connectivity index is 1.87. The Morgan fingerprint density at radius 3 is 2.86 bits per heavy atom. The van der Waals surface area contributed by atoms with Crippen molar-refractivity contribution in [2.75, 3.05) is 18.0 Å². The van der Waals surface area contributed by atoms with Crippen LogP contribution >= 0.6 is 12.2 Å². The van der Waals surface area contributed by atoms with Gasteiger partial charge >= 0.3 is 0 Å². The highest BCUT2D eigenvalue weighted by Gasteiger charge is 2.61. The van der Waals surface area contributed by atoms with E-state index in [1.165, 1.54) is 17.0 Å². The summed E-state index contributed by atoms with van der Waals surface area (Å²) < 4.78 is 0. The highest BCUT2D eigenvalue weighted by Crippen LogP contribution is 2.48. The molecule has 1 N–H and O–H groups in total. The number of carbonyl (C=O) groups excluding carboxylic acids is 2. The molecular weight excluding hydrogens is 380 g/mol. The molecule has 1 aromatic rings. The number of anilines is 1. The minimum atomic E-state index is -1.31. The average molecular weight is 402 g/mol. The minimum Gasteiger partial charge on any atom is -0.367 e. The lowest BCUT2D eigenvalue weighted by Gasteiger charge is -2.54. The lowest BCUT2D eigenvalue weighted by molar-refractivity contribution is -0.384. The van der Waals surface area contributed by atoms with E-state index in [-0.39, 0.29) is 35.1 Å². The Bertz CT molecular complexity index is 889. The summed E-state index contributed by atoms with van der Waals surface area (Å²) in [5.41, 5.74) is 0.214. The van der Waals surface area contributed by atoms with Gasteiger partial charge < -0.3 is 10.2 Å². The first-order valence-corrected chi connectivity index (χ1v) is 10.0. The van der Waals surface area contributed by atoms with Gasteiger partial charge in [-0.25, -0.2) is 0 Å². The van der Waals surface area contributed by atoms with Crippen LogP contribution in [0, 0.1) is 15.5 Å². The molecule has 1 aromatic carbocycles. The fourth-order valence-electron chi connectivity index (χ4n) is 4.84. The van der Waals surface area contributed by atoms with Crippen molar-refractivity contribution >= 4 is 40.5 Å². The fourth-order valence-corrected chi connectivity index (χ4v) is 5.11. The second-order valence-corrected chi connectivity index (χ2v) is 8.03. The SMILES string of the molecule is CCCN1C(=O)[C@]2(Cc3cc([N+](=O)[O-])ccc3N3CCCC[C@H]32)C(=O)NC1=S. The van der Waals surface area contributed by atoms with Crippen LogP contribution in [0.3, 0.4) is 0 Å². The van der Waals surface area contributed by atoms with Crippen LogP contribution in [0.5, 0.6) is 0 Å². The summed E-state index contributed by atoms with van der Waals surface area (Å²) in [5, 5.41) is 14.2. The predicted molar refractivity (Wildman–Crippen MR) is 107 cm³/mol. The van der Waals surface area contributed by atoms with Crippen molar-refractivity contribution in [3.8, 4) is 0 Å². The molecule has 3 heterocycles. The molecule has 2 fully saturated rings. The number of piperidine rings is 1. The summed E-state index contributed by atoms with van der Waals surface area (Å²) in [6.45, 7) is 3.11. The Hall–Kier alpha value is -2.55. The van der Waals surface area contributed by atoms with Gasteiger partial charge in [0.05, 0.1) is 11.0 Å². The summed E-state index contributed by atoms with van der Waals surface area (Å²) in [4.78, 5) is 41.2. The molecule has 0 saturated carbocycles. The van der Waals surface area contributed by atoms with Crippen LogP contribution in [0.15, 0.2) is 18.2 Å². The molecule has 1 spiro atoms. The topological polar surface area (TPSA) is 95.8 Å². The molecule has 8 nitrogen and oxygen atoms in total.